The average molecular weight is 357 g/mol. The van der Waals surface area contributed by atoms with Crippen molar-refractivity contribution in [3.63, 3.8) is 0 Å². The predicted octanol–water partition coefficient (Wildman–Crippen LogP) is 5.35. The minimum absolute atomic E-state index is 0.284. The van der Waals surface area contributed by atoms with E-state index in [2.05, 4.69) is 12.1 Å². The van der Waals surface area contributed by atoms with Crippen molar-refractivity contribution < 1.29 is 9.18 Å². The number of benzene rings is 2. The van der Waals surface area contributed by atoms with Gasteiger partial charge in [0.15, 0.2) is 0 Å². The van der Waals surface area contributed by atoms with Crippen molar-refractivity contribution in [3.05, 3.63) is 64.8 Å². The Hall–Kier alpha value is -2.11. The van der Waals surface area contributed by atoms with Gasteiger partial charge in [0.1, 0.15) is 5.82 Å². The van der Waals surface area contributed by atoms with E-state index in [4.69, 9.17) is 5.73 Å². The van der Waals surface area contributed by atoms with Crippen LogP contribution >= 0.6 is 23.1 Å². The summed E-state index contributed by atoms with van der Waals surface area (Å²) in [5.41, 5.74) is 9.27. The topological polar surface area (TPSA) is 43.1 Å². The molecule has 0 radical (unpaired) electrons. The fourth-order valence-electron chi connectivity index (χ4n) is 2.66. The summed E-state index contributed by atoms with van der Waals surface area (Å²) in [6.45, 7) is 1.90. The maximum Gasteiger partial charge on any atom is 0.259 e. The first kappa shape index (κ1) is 16.7. The number of primary amides is 1. The van der Waals surface area contributed by atoms with E-state index < -0.39 is 5.91 Å². The summed E-state index contributed by atoms with van der Waals surface area (Å²) in [4.78, 5) is 14.4. The van der Waals surface area contributed by atoms with Gasteiger partial charge in [0.25, 0.3) is 5.91 Å². The van der Waals surface area contributed by atoms with E-state index in [1.165, 1.54) is 28.4 Å². The molecule has 24 heavy (non-hydrogen) atoms. The molecule has 0 unspecified atom stereocenters. The fraction of sp³-hybridized carbons (Fsp3) is 0.105. The normalized spacial score (nSPS) is 10.8. The Balaban J connectivity index is 2.22. The molecule has 0 spiro atoms. The smallest absolute Gasteiger partial charge is 0.259 e. The van der Waals surface area contributed by atoms with Gasteiger partial charge >= 0.3 is 0 Å². The second kappa shape index (κ2) is 6.79. The van der Waals surface area contributed by atoms with Crippen LogP contribution in [0.4, 0.5) is 4.39 Å². The average Bonchev–Trinajstić information content (AvgIpc) is 2.93. The molecule has 0 aliphatic carbocycles. The van der Waals surface area contributed by atoms with Gasteiger partial charge in [-0.05, 0) is 54.1 Å². The molecule has 2 aromatic carbocycles. The second-order valence-corrected chi connectivity index (χ2v) is 7.26. The summed E-state index contributed by atoms with van der Waals surface area (Å²) in [5, 5.41) is 0. The highest BCUT2D eigenvalue weighted by Crippen LogP contribution is 2.43. The van der Waals surface area contributed by atoms with Gasteiger partial charge in [-0.2, -0.15) is 0 Å². The zero-order valence-corrected chi connectivity index (χ0v) is 14.9. The highest BCUT2D eigenvalue weighted by atomic mass is 32.2. The van der Waals surface area contributed by atoms with Crippen LogP contribution in [-0.4, -0.2) is 12.2 Å². The number of hydrogen-bond donors (Lipinski definition) is 1. The molecule has 1 amide bonds. The lowest BCUT2D eigenvalue weighted by Gasteiger charge is -2.07. The number of hydrogen-bond acceptors (Lipinski definition) is 3. The van der Waals surface area contributed by atoms with Gasteiger partial charge in [-0.1, -0.05) is 24.3 Å². The molecule has 0 aliphatic heterocycles. The minimum Gasteiger partial charge on any atom is -0.365 e. The lowest BCUT2D eigenvalue weighted by molar-refractivity contribution is 0.100. The Bertz CT molecular complexity index is 883. The monoisotopic (exact) mass is 357 g/mol. The Labute approximate surface area is 148 Å². The molecule has 1 aromatic heterocycles. The molecule has 3 aromatic rings. The van der Waals surface area contributed by atoms with Crippen LogP contribution in [0, 0.1) is 12.7 Å². The highest BCUT2D eigenvalue weighted by molar-refractivity contribution is 7.98. The number of rotatable bonds is 4. The summed E-state index contributed by atoms with van der Waals surface area (Å²) in [6, 6.07) is 14.5. The van der Waals surface area contributed by atoms with Crippen molar-refractivity contribution in [2.75, 3.05) is 6.26 Å². The van der Waals surface area contributed by atoms with E-state index >= 15 is 0 Å². The Kier molecular flexibility index (Phi) is 4.73. The molecule has 5 heteroatoms. The molecule has 3 rings (SSSR count). The highest BCUT2D eigenvalue weighted by Gasteiger charge is 2.20. The lowest BCUT2D eigenvalue weighted by Crippen LogP contribution is -2.10. The molecule has 0 bridgehead atoms. The van der Waals surface area contributed by atoms with E-state index in [1.807, 2.05) is 25.3 Å². The molecule has 0 saturated heterocycles. The molecule has 2 N–H and O–H groups in total. The molecule has 0 atom stereocenters. The van der Waals surface area contributed by atoms with Crippen molar-refractivity contribution >= 4 is 29.0 Å². The third kappa shape index (κ3) is 3.09. The van der Waals surface area contributed by atoms with Crippen LogP contribution in [0.5, 0.6) is 0 Å². The SMILES string of the molecule is CSc1ccc(-c2c(-c3ccc(F)cc3)sc(C(N)=O)c2C)cc1. The van der Waals surface area contributed by atoms with Crippen LogP contribution in [0.25, 0.3) is 21.6 Å². The van der Waals surface area contributed by atoms with Gasteiger partial charge in [0, 0.05) is 15.3 Å². The number of thiophene rings is 1. The Morgan fingerprint density at radius 2 is 1.62 bits per heavy atom. The van der Waals surface area contributed by atoms with Crippen molar-refractivity contribution in [1.29, 1.82) is 0 Å². The number of halogens is 1. The molecule has 122 valence electrons. The maximum atomic E-state index is 13.2. The van der Waals surface area contributed by atoms with Crippen molar-refractivity contribution in [3.8, 4) is 21.6 Å². The summed E-state index contributed by atoms with van der Waals surface area (Å²) >= 11 is 3.03. The molecular formula is C19H16FNOS2. The van der Waals surface area contributed by atoms with Crippen LogP contribution in [0.3, 0.4) is 0 Å². The number of amides is 1. The number of carbonyl (C=O) groups is 1. The van der Waals surface area contributed by atoms with Gasteiger partial charge in [-0.25, -0.2) is 4.39 Å². The number of thioether (sulfide) groups is 1. The zero-order chi connectivity index (χ0) is 17.3. The molecule has 2 nitrogen and oxygen atoms in total. The van der Waals surface area contributed by atoms with Gasteiger partial charge in [0.2, 0.25) is 0 Å². The molecular weight excluding hydrogens is 341 g/mol. The first-order valence-electron chi connectivity index (χ1n) is 7.35. The van der Waals surface area contributed by atoms with Crippen LogP contribution in [0.2, 0.25) is 0 Å². The fourth-order valence-corrected chi connectivity index (χ4v) is 4.25. The van der Waals surface area contributed by atoms with E-state index in [0.29, 0.717) is 4.88 Å². The van der Waals surface area contributed by atoms with Crippen molar-refractivity contribution in [2.24, 2.45) is 5.73 Å². The summed E-state index contributed by atoms with van der Waals surface area (Å²) in [7, 11) is 0. The molecule has 0 aliphatic rings. The largest absolute Gasteiger partial charge is 0.365 e. The Morgan fingerprint density at radius 3 is 2.17 bits per heavy atom. The molecule has 0 saturated carbocycles. The van der Waals surface area contributed by atoms with Crippen LogP contribution in [-0.2, 0) is 0 Å². The predicted molar refractivity (Wildman–Crippen MR) is 100 cm³/mol. The van der Waals surface area contributed by atoms with E-state index in [1.54, 1.807) is 23.9 Å². The van der Waals surface area contributed by atoms with Crippen LogP contribution < -0.4 is 5.73 Å². The zero-order valence-electron chi connectivity index (χ0n) is 13.3. The van der Waals surface area contributed by atoms with Gasteiger partial charge in [0.05, 0.1) is 4.88 Å². The van der Waals surface area contributed by atoms with E-state index in [0.717, 1.165) is 27.1 Å². The van der Waals surface area contributed by atoms with E-state index in [-0.39, 0.29) is 5.82 Å². The van der Waals surface area contributed by atoms with Crippen molar-refractivity contribution in [1.82, 2.24) is 0 Å². The first-order valence-corrected chi connectivity index (χ1v) is 9.39. The van der Waals surface area contributed by atoms with Gasteiger partial charge < -0.3 is 5.73 Å². The maximum absolute atomic E-state index is 13.2. The van der Waals surface area contributed by atoms with Crippen molar-refractivity contribution in [2.45, 2.75) is 11.8 Å². The van der Waals surface area contributed by atoms with Crippen LogP contribution in [0.1, 0.15) is 15.2 Å². The first-order chi connectivity index (χ1) is 11.5. The molecule has 0 fully saturated rings. The summed E-state index contributed by atoms with van der Waals surface area (Å²) in [5.74, 6) is -0.721. The lowest BCUT2D eigenvalue weighted by atomic mass is 9.98. The van der Waals surface area contributed by atoms with Gasteiger partial charge in [-0.15, -0.1) is 23.1 Å². The summed E-state index contributed by atoms with van der Waals surface area (Å²) < 4.78 is 13.2. The summed E-state index contributed by atoms with van der Waals surface area (Å²) in [6.07, 6.45) is 2.03. The van der Waals surface area contributed by atoms with Crippen LogP contribution in [0.15, 0.2) is 53.4 Å². The quantitative estimate of drug-likeness (QED) is 0.640. The number of carbonyl (C=O) groups excluding carboxylic acids is 1. The minimum atomic E-state index is -0.437. The van der Waals surface area contributed by atoms with E-state index in [9.17, 15) is 9.18 Å². The number of nitrogens with two attached hydrogens (primary N) is 1. The third-order valence-electron chi connectivity index (χ3n) is 3.86. The van der Waals surface area contributed by atoms with Gasteiger partial charge in [-0.3, -0.25) is 4.79 Å². The molecule has 1 heterocycles. The second-order valence-electron chi connectivity index (χ2n) is 5.36. The Morgan fingerprint density at radius 1 is 1.04 bits per heavy atom. The standard InChI is InChI=1S/C19H16FNOS2/c1-11-16(12-5-9-15(23-2)10-6-12)18(24-17(11)19(21)22)13-3-7-14(20)8-4-13/h3-10H,1-2H3,(H2,21,22). The third-order valence-corrected chi connectivity index (χ3v) is 5.95.